The van der Waals surface area contributed by atoms with Gasteiger partial charge in [0.25, 0.3) is 0 Å². The second kappa shape index (κ2) is 4.74. The number of halogens is 1. The zero-order valence-electron chi connectivity index (χ0n) is 9.18. The minimum atomic E-state index is -0.510. The monoisotopic (exact) mass is 231 g/mol. The topological polar surface area (TPSA) is 39.2 Å². The van der Waals surface area contributed by atoms with Crippen LogP contribution in [0.2, 0.25) is 0 Å². The minimum absolute atomic E-state index is 0.0294. The number of rotatable bonds is 3. The minimum Gasteiger partial charge on any atom is -0.479 e. The quantitative estimate of drug-likeness (QED) is 0.762. The summed E-state index contributed by atoms with van der Waals surface area (Å²) in [5, 5.41) is 0. The number of benzene rings is 1. The van der Waals surface area contributed by atoms with E-state index in [-0.39, 0.29) is 5.88 Å². The predicted molar refractivity (Wildman–Crippen MR) is 61.6 cm³/mol. The molecule has 0 aliphatic rings. The summed E-state index contributed by atoms with van der Waals surface area (Å²) in [6, 6.07) is 8.18. The Kier molecular flexibility index (Phi) is 3.14. The molecule has 86 valence electrons. The molecule has 0 aliphatic heterocycles. The lowest BCUT2D eigenvalue weighted by atomic mass is 10.1. The molecule has 0 amide bonds. The molecule has 17 heavy (non-hydrogen) atoms. The highest BCUT2D eigenvalue weighted by atomic mass is 19.1. The van der Waals surface area contributed by atoms with E-state index in [9.17, 15) is 9.18 Å². The third-order valence-electron chi connectivity index (χ3n) is 2.38. The number of aldehydes is 1. The van der Waals surface area contributed by atoms with Gasteiger partial charge in [0, 0.05) is 17.3 Å². The SMILES string of the molecule is COc1ncc(-c2ccc(C=O)cc2)cc1F. The van der Waals surface area contributed by atoms with Crippen molar-refractivity contribution in [1.29, 1.82) is 0 Å². The highest BCUT2D eigenvalue weighted by molar-refractivity contribution is 5.76. The average Bonchev–Trinajstić information content (AvgIpc) is 2.39. The molecule has 1 heterocycles. The lowest BCUT2D eigenvalue weighted by Gasteiger charge is -2.04. The lowest BCUT2D eigenvalue weighted by Crippen LogP contribution is -1.92. The van der Waals surface area contributed by atoms with E-state index in [1.165, 1.54) is 19.4 Å². The highest BCUT2D eigenvalue weighted by Crippen LogP contribution is 2.23. The summed E-state index contributed by atoms with van der Waals surface area (Å²) in [7, 11) is 1.37. The first kappa shape index (κ1) is 11.3. The van der Waals surface area contributed by atoms with Gasteiger partial charge in [0.2, 0.25) is 5.88 Å². The van der Waals surface area contributed by atoms with Crippen molar-refractivity contribution in [2.24, 2.45) is 0 Å². The van der Waals surface area contributed by atoms with Crippen molar-refractivity contribution in [2.45, 2.75) is 0 Å². The van der Waals surface area contributed by atoms with Crippen LogP contribution >= 0.6 is 0 Å². The Labute approximate surface area is 97.9 Å². The molecule has 0 unspecified atom stereocenters. The van der Waals surface area contributed by atoms with Gasteiger partial charge in [0.05, 0.1) is 7.11 Å². The molecule has 0 saturated carbocycles. The largest absolute Gasteiger partial charge is 0.479 e. The van der Waals surface area contributed by atoms with Gasteiger partial charge in [-0.15, -0.1) is 0 Å². The van der Waals surface area contributed by atoms with Crippen LogP contribution in [-0.2, 0) is 0 Å². The molecule has 0 aliphatic carbocycles. The van der Waals surface area contributed by atoms with E-state index in [4.69, 9.17) is 4.74 Å². The van der Waals surface area contributed by atoms with Gasteiger partial charge >= 0.3 is 0 Å². The van der Waals surface area contributed by atoms with Crippen LogP contribution in [0.15, 0.2) is 36.5 Å². The molecule has 0 bridgehead atoms. The molecule has 3 nitrogen and oxygen atoms in total. The number of ether oxygens (including phenoxy) is 1. The van der Waals surface area contributed by atoms with E-state index < -0.39 is 5.82 Å². The van der Waals surface area contributed by atoms with E-state index in [0.29, 0.717) is 11.1 Å². The van der Waals surface area contributed by atoms with Crippen LogP contribution < -0.4 is 4.74 Å². The highest BCUT2D eigenvalue weighted by Gasteiger charge is 2.06. The second-order valence-electron chi connectivity index (χ2n) is 3.45. The smallest absolute Gasteiger partial charge is 0.250 e. The first-order chi connectivity index (χ1) is 8.24. The van der Waals surface area contributed by atoms with Gasteiger partial charge in [-0.1, -0.05) is 24.3 Å². The second-order valence-corrected chi connectivity index (χ2v) is 3.45. The van der Waals surface area contributed by atoms with Gasteiger partial charge in [-0.2, -0.15) is 0 Å². The molecule has 1 aromatic carbocycles. The molecule has 0 fully saturated rings. The zero-order valence-corrected chi connectivity index (χ0v) is 9.18. The van der Waals surface area contributed by atoms with Gasteiger partial charge in [-0.05, 0) is 11.6 Å². The summed E-state index contributed by atoms with van der Waals surface area (Å²) in [6.45, 7) is 0. The first-order valence-corrected chi connectivity index (χ1v) is 4.99. The fraction of sp³-hybridized carbons (Fsp3) is 0.0769. The normalized spacial score (nSPS) is 10.0. The summed E-state index contributed by atoms with van der Waals surface area (Å²) in [5.41, 5.74) is 2.01. The van der Waals surface area contributed by atoms with E-state index >= 15 is 0 Å². The Hall–Kier alpha value is -2.23. The van der Waals surface area contributed by atoms with Crippen LogP contribution in [0, 0.1) is 5.82 Å². The molecule has 0 saturated heterocycles. The Morgan fingerprint density at radius 1 is 1.24 bits per heavy atom. The van der Waals surface area contributed by atoms with Crippen molar-refractivity contribution in [3.8, 4) is 17.0 Å². The molecular weight excluding hydrogens is 221 g/mol. The first-order valence-electron chi connectivity index (χ1n) is 4.99. The van der Waals surface area contributed by atoms with Crippen LogP contribution in [-0.4, -0.2) is 18.4 Å². The summed E-state index contributed by atoms with van der Waals surface area (Å²) >= 11 is 0. The summed E-state index contributed by atoms with van der Waals surface area (Å²) in [6.07, 6.45) is 2.29. The molecule has 0 radical (unpaired) electrons. The number of methoxy groups -OCH3 is 1. The van der Waals surface area contributed by atoms with Crippen molar-refractivity contribution in [1.82, 2.24) is 4.98 Å². The Balaban J connectivity index is 2.38. The summed E-state index contributed by atoms with van der Waals surface area (Å²) in [4.78, 5) is 14.4. The maximum absolute atomic E-state index is 13.4. The van der Waals surface area contributed by atoms with Gasteiger partial charge in [0.15, 0.2) is 5.82 Å². The number of aromatic nitrogens is 1. The predicted octanol–water partition coefficient (Wildman–Crippen LogP) is 2.71. The summed E-state index contributed by atoms with van der Waals surface area (Å²) in [5.74, 6) is -0.539. The summed E-state index contributed by atoms with van der Waals surface area (Å²) < 4.78 is 18.2. The average molecular weight is 231 g/mol. The van der Waals surface area contributed by atoms with Crippen molar-refractivity contribution >= 4 is 6.29 Å². The number of pyridine rings is 1. The third-order valence-corrected chi connectivity index (χ3v) is 2.38. The van der Waals surface area contributed by atoms with E-state index in [1.54, 1.807) is 24.3 Å². The molecular formula is C13H10FNO2. The van der Waals surface area contributed by atoms with Crippen molar-refractivity contribution in [3.05, 3.63) is 47.9 Å². The zero-order chi connectivity index (χ0) is 12.3. The third kappa shape index (κ3) is 2.30. The fourth-order valence-electron chi connectivity index (χ4n) is 1.49. The number of hydrogen-bond donors (Lipinski definition) is 0. The van der Waals surface area contributed by atoms with Crippen molar-refractivity contribution in [2.75, 3.05) is 7.11 Å². The fourth-order valence-corrected chi connectivity index (χ4v) is 1.49. The standard InChI is InChI=1S/C13H10FNO2/c1-17-13-12(14)6-11(7-15-13)10-4-2-9(8-16)3-5-10/h2-8H,1H3. The molecule has 1 aromatic heterocycles. The number of carbonyl (C=O) groups is 1. The molecule has 0 N–H and O–H groups in total. The van der Waals surface area contributed by atoms with E-state index in [0.717, 1.165) is 11.8 Å². The van der Waals surface area contributed by atoms with Crippen LogP contribution in [0.4, 0.5) is 4.39 Å². The Morgan fingerprint density at radius 3 is 2.47 bits per heavy atom. The van der Waals surface area contributed by atoms with Crippen LogP contribution in [0.25, 0.3) is 11.1 Å². The maximum Gasteiger partial charge on any atom is 0.250 e. The molecule has 4 heteroatoms. The van der Waals surface area contributed by atoms with Gasteiger partial charge < -0.3 is 4.74 Å². The van der Waals surface area contributed by atoms with Gasteiger partial charge in [-0.3, -0.25) is 4.79 Å². The van der Waals surface area contributed by atoms with Crippen LogP contribution in [0.1, 0.15) is 10.4 Å². The molecule has 2 aromatic rings. The molecule has 0 spiro atoms. The van der Waals surface area contributed by atoms with Gasteiger partial charge in [0.1, 0.15) is 6.29 Å². The lowest BCUT2D eigenvalue weighted by molar-refractivity contribution is 0.112. The number of hydrogen-bond acceptors (Lipinski definition) is 3. The maximum atomic E-state index is 13.4. The molecule has 0 atom stereocenters. The molecule has 2 rings (SSSR count). The Morgan fingerprint density at radius 2 is 1.94 bits per heavy atom. The van der Waals surface area contributed by atoms with Gasteiger partial charge in [-0.25, -0.2) is 9.37 Å². The van der Waals surface area contributed by atoms with Crippen LogP contribution in [0.3, 0.4) is 0 Å². The van der Waals surface area contributed by atoms with Crippen LogP contribution in [0.5, 0.6) is 5.88 Å². The van der Waals surface area contributed by atoms with E-state index in [2.05, 4.69) is 4.98 Å². The number of nitrogens with zero attached hydrogens (tertiary/aromatic N) is 1. The van der Waals surface area contributed by atoms with E-state index in [1.807, 2.05) is 0 Å². The number of carbonyl (C=O) groups excluding carboxylic acids is 1. The van der Waals surface area contributed by atoms with Crippen molar-refractivity contribution in [3.63, 3.8) is 0 Å². The van der Waals surface area contributed by atoms with Crippen molar-refractivity contribution < 1.29 is 13.9 Å². The Bertz CT molecular complexity index is 538.